The number of aromatic nitrogens is 2. The van der Waals surface area contributed by atoms with Gasteiger partial charge in [0.15, 0.2) is 0 Å². The Bertz CT molecular complexity index is 427. The van der Waals surface area contributed by atoms with Gasteiger partial charge in [0.2, 0.25) is 5.91 Å². The molecule has 2 rings (SSSR count). The van der Waals surface area contributed by atoms with Gasteiger partial charge in [0.1, 0.15) is 0 Å². The molecule has 0 bridgehead atoms. The molecule has 5 heteroatoms. The van der Waals surface area contributed by atoms with Crippen molar-refractivity contribution >= 4 is 5.91 Å². The third-order valence-corrected chi connectivity index (χ3v) is 4.83. The summed E-state index contributed by atoms with van der Waals surface area (Å²) in [5.41, 5.74) is 6.99. The van der Waals surface area contributed by atoms with Gasteiger partial charge in [-0.2, -0.15) is 0 Å². The Morgan fingerprint density at radius 2 is 2.32 bits per heavy atom. The Balaban J connectivity index is 1.98. The molecule has 0 radical (unpaired) electrons. The number of hydrogen-bond donors (Lipinski definition) is 3. The molecule has 1 aliphatic carbocycles. The molecule has 3 atom stereocenters. The molecule has 1 heterocycles. The van der Waals surface area contributed by atoms with E-state index >= 15 is 0 Å². The lowest BCUT2D eigenvalue weighted by molar-refractivity contribution is -0.132. The van der Waals surface area contributed by atoms with Crippen LogP contribution in [0.25, 0.3) is 0 Å². The quantitative estimate of drug-likeness (QED) is 0.772. The van der Waals surface area contributed by atoms with E-state index in [2.05, 4.69) is 36.1 Å². The summed E-state index contributed by atoms with van der Waals surface area (Å²) in [4.78, 5) is 19.3. The van der Waals surface area contributed by atoms with Crippen molar-refractivity contribution in [1.82, 2.24) is 15.3 Å². The number of carbonyl (C=O) groups is 1. The van der Waals surface area contributed by atoms with Crippen molar-refractivity contribution in [1.29, 1.82) is 0 Å². The van der Waals surface area contributed by atoms with Gasteiger partial charge in [-0.3, -0.25) is 4.79 Å². The zero-order valence-electron chi connectivity index (χ0n) is 11.9. The molecule has 1 aromatic rings. The van der Waals surface area contributed by atoms with Crippen molar-refractivity contribution in [3.63, 3.8) is 0 Å². The van der Waals surface area contributed by atoms with Crippen LogP contribution in [0.15, 0.2) is 12.5 Å². The van der Waals surface area contributed by atoms with Crippen LogP contribution < -0.4 is 11.1 Å². The third-order valence-electron chi connectivity index (χ3n) is 4.83. The minimum absolute atomic E-state index is 0.0326. The summed E-state index contributed by atoms with van der Waals surface area (Å²) < 4.78 is 0. The van der Waals surface area contributed by atoms with E-state index in [9.17, 15) is 4.79 Å². The maximum Gasteiger partial charge on any atom is 0.223 e. The number of nitrogens with one attached hydrogen (secondary N) is 2. The Morgan fingerprint density at radius 1 is 1.58 bits per heavy atom. The first-order valence-corrected chi connectivity index (χ1v) is 6.93. The molecule has 0 aliphatic heterocycles. The van der Waals surface area contributed by atoms with Crippen LogP contribution in [0.4, 0.5) is 0 Å². The van der Waals surface area contributed by atoms with Crippen LogP contribution >= 0.6 is 0 Å². The van der Waals surface area contributed by atoms with Gasteiger partial charge in [-0.05, 0) is 24.2 Å². The predicted octanol–water partition coefficient (Wildman–Crippen LogP) is 1.43. The van der Waals surface area contributed by atoms with Crippen LogP contribution in [0.1, 0.15) is 39.3 Å². The van der Waals surface area contributed by atoms with Crippen molar-refractivity contribution in [2.24, 2.45) is 23.0 Å². The fourth-order valence-electron chi connectivity index (χ4n) is 3.01. The monoisotopic (exact) mass is 264 g/mol. The molecular formula is C14H24N4O. The summed E-state index contributed by atoms with van der Waals surface area (Å²) in [5, 5.41) is 2.99. The van der Waals surface area contributed by atoms with E-state index in [0.29, 0.717) is 12.5 Å². The molecule has 1 aromatic heterocycles. The molecule has 0 aromatic carbocycles. The van der Waals surface area contributed by atoms with Gasteiger partial charge in [0.25, 0.3) is 0 Å². The molecule has 1 saturated carbocycles. The number of nitrogens with two attached hydrogens (primary N) is 1. The maximum atomic E-state index is 12.4. The second kappa shape index (κ2) is 5.33. The molecule has 19 heavy (non-hydrogen) atoms. The minimum atomic E-state index is -0.0598. The zero-order valence-corrected chi connectivity index (χ0v) is 11.9. The van der Waals surface area contributed by atoms with Crippen molar-refractivity contribution < 1.29 is 4.79 Å². The summed E-state index contributed by atoms with van der Waals surface area (Å²) in [6.45, 7) is 6.96. The van der Waals surface area contributed by atoms with Crippen LogP contribution in [0.2, 0.25) is 0 Å². The van der Waals surface area contributed by atoms with E-state index in [0.717, 1.165) is 18.5 Å². The highest BCUT2D eigenvalue weighted by atomic mass is 16.1. The summed E-state index contributed by atoms with van der Waals surface area (Å²) >= 11 is 0. The summed E-state index contributed by atoms with van der Waals surface area (Å²) in [6, 6.07) is 0.201. The number of aromatic amines is 1. The number of H-pyrrole nitrogens is 1. The number of carbonyl (C=O) groups excluding carboxylic acids is 1. The highest BCUT2D eigenvalue weighted by Crippen LogP contribution is 2.44. The van der Waals surface area contributed by atoms with Crippen LogP contribution in [-0.2, 0) is 11.3 Å². The third kappa shape index (κ3) is 2.81. The molecular weight excluding hydrogens is 240 g/mol. The van der Waals surface area contributed by atoms with Crippen LogP contribution in [0.5, 0.6) is 0 Å². The second-order valence-electron chi connectivity index (χ2n) is 6.20. The fraction of sp³-hybridized carbons (Fsp3) is 0.714. The molecule has 0 saturated heterocycles. The fourth-order valence-corrected chi connectivity index (χ4v) is 3.01. The summed E-state index contributed by atoms with van der Waals surface area (Å²) in [5.74, 6) is 0.507. The average molecular weight is 264 g/mol. The topological polar surface area (TPSA) is 83.8 Å². The number of hydrogen-bond acceptors (Lipinski definition) is 3. The van der Waals surface area contributed by atoms with Crippen molar-refractivity contribution in [3.8, 4) is 0 Å². The number of nitrogens with zero attached hydrogens (tertiary/aromatic N) is 1. The van der Waals surface area contributed by atoms with Gasteiger partial charge in [-0.1, -0.05) is 20.8 Å². The first kappa shape index (κ1) is 14.1. The van der Waals surface area contributed by atoms with Gasteiger partial charge < -0.3 is 16.0 Å². The summed E-state index contributed by atoms with van der Waals surface area (Å²) in [7, 11) is 0. The van der Waals surface area contributed by atoms with Crippen molar-refractivity contribution in [2.45, 2.75) is 46.2 Å². The van der Waals surface area contributed by atoms with E-state index in [-0.39, 0.29) is 23.3 Å². The van der Waals surface area contributed by atoms with Gasteiger partial charge in [-0.25, -0.2) is 4.98 Å². The lowest BCUT2D eigenvalue weighted by Gasteiger charge is -2.46. The number of rotatable bonds is 3. The predicted molar refractivity (Wildman–Crippen MR) is 74.1 cm³/mol. The molecule has 1 amide bonds. The van der Waals surface area contributed by atoms with Gasteiger partial charge >= 0.3 is 0 Å². The highest BCUT2D eigenvalue weighted by molar-refractivity contribution is 5.79. The van der Waals surface area contributed by atoms with E-state index in [1.54, 1.807) is 12.5 Å². The number of amides is 1. The molecule has 1 aliphatic rings. The average Bonchev–Trinajstić information content (AvgIpc) is 2.86. The van der Waals surface area contributed by atoms with E-state index in [1.165, 1.54) is 0 Å². The van der Waals surface area contributed by atoms with E-state index < -0.39 is 0 Å². The minimum Gasteiger partial charge on any atom is -0.350 e. The second-order valence-corrected chi connectivity index (χ2v) is 6.20. The Labute approximate surface area is 114 Å². The first-order valence-electron chi connectivity index (χ1n) is 6.93. The summed E-state index contributed by atoms with van der Waals surface area (Å²) in [6.07, 6.45) is 5.14. The van der Waals surface area contributed by atoms with Gasteiger partial charge in [0.05, 0.1) is 18.6 Å². The Kier molecular flexibility index (Phi) is 3.94. The molecule has 106 valence electrons. The smallest absolute Gasteiger partial charge is 0.223 e. The van der Waals surface area contributed by atoms with Crippen molar-refractivity contribution in [3.05, 3.63) is 18.2 Å². The van der Waals surface area contributed by atoms with E-state index in [4.69, 9.17) is 5.73 Å². The van der Waals surface area contributed by atoms with Gasteiger partial charge in [-0.15, -0.1) is 0 Å². The van der Waals surface area contributed by atoms with Gasteiger partial charge in [0, 0.05) is 18.2 Å². The van der Waals surface area contributed by atoms with Crippen molar-refractivity contribution in [2.75, 3.05) is 0 Å². The molecule has 5 nitrogen and oxygen atoms in total. The van der Waals surface area contributed by atoms with Crippen LogP contribution in [0, 0.1) is 17.3 Å². The molecule has 0 spiro atoms. The largest absolute Gasteiger partial charge is 0.350 e. The number of imidazole rings is 1. The standard InChI is InChI=1S/C14H24N4O/c1-9-12(15)5-4-11(14(9,2)3)13(19)17-7-10-6-16-8-18-10/h6,8-9,11-12H,4-5,7,15H2,1-3H3,(H,16,18)(H,17,19). The Hall–Kier alpha value is -1.36. The maximum absolute atomic E-state index is 12.4. The Morgan fingerprint density at radius 3 is 2.95 bits per heavy atom. The van der Waals surface area contributed by atoms with E-state index in [1.807, 2.05) is 0 Å². The zero-order chi connectivity index (χ0) is 14.0. The molecule has 4 N–H and O–H groups in total. The highest BCUT2D eigenvalue weighted by Gasteiger charge is 2.44. The first-order chi connectivity index (χ1) is 8.93. The van der Waals surface area contributed by atoms with Crippen LogP contribution in [0.3, 0.4) is 0 Å². The van der Waals surface area contributed by atoms with Crippen LogP contribution in [-0.4, -0.2) is 21.9 Å². The normalized spacial score (nSPS) is 30.0. The molecule has 1 fully saturated rings. The lowest BCUT2D eigenvalue weighted by Crippen LogP contribution is -2.51. The lowest BCUT2D eigenvalue weighted by atomic mass is 9.61. The molecule has 3 unspecified atom stereocenters. The SMILES string of the molecule is CC1C(N)CCC(C(=O)NCc2cnc[nH]2)C1(C)C.